The molecular weight excluding hydrogens is 164 g/mol. The van der Waals surface area contributed by atoms with Gasteiger partial charge in [0.2, 0.25) is 0 Å². The molecule has 0 saturated carbocycles. The molecule has 0 saturated heterocycles. The molecule has 0 aromatic carbocycles. The van der Waals surface area contributed by atoms with Crippen LogP contribution in [-0.2, 0) is 0 Å². The molecule has 78 valence electrons. The second kappa shape index (κ2) is 6.17. The predicted molar refractivity (Wildman–Crippen MR) is 55.5 cm³/mol. The number of hydrogen-bond acceptors (Lipinski definition) is 2. The molecular formula is C11H22O2. The maximum absolute atomic E-state index is 9.74. The number of hydrogen-bond donors (Lipinski definition) is 2. The minimum absolute atomic E-state index is 0.195. The van der Waals surface area contributed by atoms with Gasteiger partial charge in [0.05, 0.1) is 6.10 Å². The molecule has 0 spiro atoms. The van der Waals surface area contributed by atoms with E-state index in [0.29, 0.717) is 0 Å². The lowest BCUT2D eigenvalue weighted by Crippen LogP contribution is -2.26. The van der Waals surface area contributed by atoms with Gasteiger partial charge >= 0.3 is 0 Å². The SMILES string of the molecule is C=CC(C)(C)C(O)CCCCCO. The van der Waals surface area contributed by atoms with Gasteiger partial charge in [-0.05, 0) is 12.8 Å². The molecule has 0 bridgehead atoms. The van der Waals surface area contributed by atoms with E-state index in [1.807, 2.05) is 13.8 Å². The van der Waals surface area contributed by atoms with Crippen LogP contribution >= 0.6 is 0 Å². The molecule has 1 atom stereocenters. The summed E-state index contributed by atoms with van der Waals surface area (Å²) in [5.41, 5.74) is -0.195. The second-order valence-corrected chi connectivity index (χ2v) is 4.11. The molecule has 0 radical (unpaired) electrons. The first-order chi connectivity index (χ1) is 6.04. The molecule has 0 aliphatic heterocycles. The van der Waals surface area contributed by atoms with Crippen molar-refractivity contribution in [1.29, 1.82) is 0 Å². The summed E-state index contributed by atoms with van der Waals surface area (Å²) in [6.07, 6.45) is 5.06. The van der Waals surface area contributed by atoms with E-state index in [0.717, 1.165) is 25.7 Å². The highest BCUT2D eigenvalue weighted by Gasteiger charge is 2.23. The maximum atomic E-state index is 9.74. The summed E-state index contributed by atoms with van der Waals surface area (Å²) >= 11 is 0. The van der Waals surface area contributed by atoms with Gasteiger partial charge in [-0.25, -0.2) is 0 Å². The molecule has 0 aliphatic rings. The van der Waals surface area contributed by atoms with Crippen LogP contribution < -0.4 is 0 Å². The van der Waals surface area contributed by atoms with E-state index >= 15 is 0 Å². The fourth-order valence-electron chi connectivity index (χ4n) is 1.13. The molecule has 2 N–H and O–H groups in total. The van der Waals surface area contributed by atoms with Gasteiger partial charge in [-0.15, -0.1) is 6.58 Å². The monoisotopic (exact) mass is 186 g/mol. The first kappa shape index (κ1) is 12.7. The Morgan fingerprint density at radius 3 is 2.38 bits per heavy atom. The Bertz CT molecular complexity index is 141. The highest BCUT2D eigenvalue weighted by atomic mass is 16.3. The molecule has 0 heterocycles. The zero-order valence-corrected chi connectivity index (χ0v) is 8.79. The molecule has 0 aromatic rings. The minimum Gasteiger partial charge on any atom is -0.396 e. The molecule has 2 nitrogen and oxygen atoms in total. The Balaban J connectivity index is 3.61. The van der Waals surface area contributed by atoms with Crippen molar-refractivity contribution in [3.8, 4) is 0 Å². The summed E-state index contributed by atoms with van der Waals surface area (Å²) in [4.78, 5) is 0. The zero-order valence-electron chi connectivity index (χ0n) is 8.79. The van der Waals surface area contributed by atoms with Crippen molar-refractivity contribution in [3.05, 3.63) is 12.7 Å². The molecule has 13 heavy (non-hydrogen) atoms. The van der Waals surface area contributed by atoms with Crippen molar-refractivity contribution in [2.75, 3.05) is 6.61 Å². The third kappa shape index (κ3) is 5.06. The smallest absolute Gasteiger partial charge is 0.0625 e. The van der Waals surface area contributed by atoms with Gasteiger partial charge in [0.25, 0.3) is 0 Å². The van der Waals surface area contributed by atoms with Gasteiger partial charge in [0, 0.05) is 12.0 Å². The van der Waals surface area contributed by atoms with Crippen molar-refractivity contribution < 1.29 is 10.2 Å². The number of rotatable bonds is 7. The summed E-state index contributed by atoms with van der Waals surface area (Å²) in [7, 11) is 0. The normalized spacial score (nSPS) is 14.2. The summed E-state index contributed by atoms with van der Waals surface area (Å²) < 4.78 is 0. The fourth-order valence-corrected chi connectivity index (χ4v) is 1.13. The van der Waals surface area contributed by atoms with Crippen LogP contribution in [0.1, 0.15) is 39.5 Å². The summed E-state index contributed by atoms with van der Waals surface area (Å²) in [6, 6.07) is 0. The Morgan fingerprint density at radius 2 is 1.92 bits per heavy atom. The Morgan fingerprint density at radius 1 is 1.31 bits per heavy atom. The van der Waals surface area contributed by atoms with E-state index in [2.05, 4.69) is 6.58 Å². The first-order valence-corrected chi connectivity index (χ1v) is 4.97. The third-order valence-corrected chi connectivity index (χ3v) is 2.52. The molecule has 0 amide bonds. The van der Waals surface area contributed by atoms with Crippen LogP contribution in [-0.4, -0.2) is 22.9 Å². The molecule has 1 unspecified atom stereocenters. The lowest BCUT2D eigenvalue weighted by atomic mass is 9.84. The van der Waals surface area contributed by atoms with E-state index < -0.39 is 0 Å². The Kier molecular flexibility index (Phi) is 6.00. The van der Waals surface area contributed by atoms with E-state index in [1.165, 1.54) is 0 Å². The topological polar surface area (TPSA) is 40.5 Å². The van der Waals surface area contributed by atoms with Crippen LogP contribution in [0.2, 0.25) is 0 Å². The van der Waals surface area contributed by atoms with E-state index in [-0.39, 0.29) is 18.1 Å². The largest absolute Gasteiger partial charge is 0.396 e. The summed E-state index contributed by atoms with van der Waals surface area (Å²) in [5, 5.41) is 18.3. The minimum atomic E-state index is -0.316. The number of aliphatic hydroxyl groups is 2. The maximum Gasteiger partial charge on any atom is 0.0625 e. The van der Waals surface area contributed by atoms with Crippen LogP contribution in [0.15, 0.2) is 12.7 Å². The first-order valence-electron chi connectivity index (χ1n) is 4.97. The lowest BCUT2D eigenvalue weighted by molar-refractivity contribution is 0.0712. The van der Waals surface area contributed by atoms with Crippen molar-refractivity contribution in [2.45, 2.75) is 45.6 Å². The Hall–Kier alpha value is -0.340. The second-order valence-electron chi connectivity index (χ2n) is 4.11. The molecule has 0 aliphatic carbocycles. The van der Waals surface area contributed by atoms with Crippen LogP contribution in [0.25, 0.3) is 0 Å². The quantitative estimate of drug-likeness (QED) is 0.472. The van der Waals surface area contributed by atoms with Crippen molar-refractivity contribution in [1.82, 2.24) is 0 Å². The molecule has 0 fully saturated rings. The molecule has 0 aromatic heterocycles. The van der Waals surface area contributed by atoms with Gasteiger partial charge in [0.15, 0.2) is 0 Å². The van der Waals surface area contributed by atoms with Gasteiger partial charge in [-0.1, -0.05) is 32.8 Å². The van der Waals surface area contributed by atoms with E-state index in [9.17, 15) is 5.11 Å². The van der Waals surface area contributed by atoms with Crippen LogP contribution in [0.3, 0.4) is 0 Å². The van der Waals surface area contributed by atoms with Crippen molar-refractivity contribution in [2.24, 2.45) is 5.41 Å². The van der Waals surface area contributed by atoms with Gasteiger partial charge in [-0.2, -0.15) is 0 Å². The van der Waals surface area contributed by atoms with E-state index in [1.54, 1.807) is 6.08 Å². The van der Waals surface area contributed by atoms with Crippen molar-refractivity contribution in [3.63, 3.8) is 0 Å². The predicted octanol–water partition coefficient (Wildman–Crippen LogP) is 2.11. The van der Waals surface area contributed by atoms with Gasteiger partial charge in [-0.3, -0.25) is 0 Å². The van der Waals surface area contributed by atoms with Crippen molar-refractivity contribution >= 4 is 0 Å². The Labute approximate surface area is 81.3 Å². The highest BCUT2D eigenvalue weighted by molar-refractivity contribution is 4.92. The van der Waals surface area contributed by atoms with Crippen LogP contribution in [0.5, 0.6) is 0 Å². The highest BCUT2D eigenvalue weighted by Crippen LogP contribution is 2.25. The summed E-state index contributed by atoms with van der Waals surface area (Å²) in [5.74, 6) is 0. The molecule has 0 rings (SSSR count). The summed E-state index contributed by atoms with van der Waals surface area (Å²) in [6.45, 7) is 7.91. The average molecular weight is 186 g/mol. The molecule has 2 heteroatoms. The third-order valence-electron chi connectivity index (χ3n) is 2.52. The number of unbranched alkanes of at least 4 members (excludes halogenated alkanes) is 2. The average Bonchev–Trinajstić information content (AvgIpc) is 2.12. The van der Waals surface area contributed by atoms with Gasteiger partial charge < -0.3 is 10.2 Å². The number of aliphatic hydroxyl groups excluding tert-OH is 2. The van der Waals surface area contributed by atoms with Gasteiger partial charge in [0.1, 0.15) is 0 Å². The van der Waals surface area contributed by atoms with E-state index in [4.69, 9.17) is 5.11 Å². The van der Waals surface area contributed by atoms with Crippen LogP contribution in [0, 0.1) is 5.41 Å². The standard InChI is InChI=1S/C11H22O2/c1-4-11(2,3)10(13)8-6-5-7-9-12/h4,10,12-13H,1,5-9H2,2-3H3. The lowest BCUT2D eigenvalue weighted by Gasteiger charge is -2.26. The zero-order chi connectivity index (χ0) is 10.3. The van der Waals surface area contributed by atoms with Crippen LogP contribution in [0.4, 0.5) is 0 Å². The fraction of sp³-hybridized carbons (Fsp3) is 0.818.